The Balaban J connectivity index is 2.13. The van der Waals surface area contributed by atoms with Crippen molar-refractivity contribution in [1.82, 2.24) is 0 Å². The van der Waals surface area contributed by atoms with Crippen molar-refractivity contribution in [1.29, 1.82) is 0 Å². The number of carbonyl (C=O) groups excluding carboxylic acids is 1. The van der Waals surface area contributed by atoms with E-state index >= 15 is 0 Å². The summed E-state index contributed by atoms with van der Waals surface area (Å²) >= 11 is 0. The van der Waals surface area contributed by atoms with Crippen LogP contribution in [-0.2, 0) is 16.0 Å². The number of hydrogen-bond acceptors (Lipinski definition) is 2. The number of ether oxygens (including phenoxy) is 1. The van der Waals surface area contributed by atoms with Crippen LogP contribution in [0.25, 0.3) is 0 Å². The molecule has 0 spiro atoms. The summed E-state index contributed by atoms with van der Waals surface area (Å²) in [6.45, 7) is 2.93. The average Bonchev–Trinajstić information content (AvgIpc) is 2.27. The van der Waals surface area contributed by atoms with Crippen LogP contribution in [0.2, 0.25) is 0 Å². The third kappa shape index (κ3) is 2.47. The van der Waals surface area contributed by atoms with Crippen LogP contribution in [0.1, 0.15) is 17.5 Å². The van der Waals surface area contributed by atoms with Crippen LogP contribution in [0.15, 0.2) is 18.2 Å². The Morgan fingerprint density at radius 2 is 2.31 bits per heavy atom. The molecule has 0 amide bonds. The summed E-state index contributed by atoms with van der Waals surface area (Å²) in [6, 6.07) is 4.70. The highest BCUT2D eigenvalue weighted by Crippen LogP contribution is 2.19. The summed E-state index contributed by atoms with van der Waals surface area (Å²) < 4.78 is 18.4. The van der Waals surface area contributed by atoms with Crippen molar-refractivity contribution in [2.45, 2.75) is 19.8 Å². The molecule has 1 fully saturated rings. The molecular weight excluding hydrogens is 207 g/mol. The molecule has 86 valence electrons. The lowest BCUT2D eigenvalue weighted by Crippen LogP contribution is -2.29. The molecule has 3 heteroatoms. The predicted molar refractivity (Wildman–Crippen MR) is 58.8 cm³/mol. The van der Waals surface area contributed by atoms with E-state index in [4.69, 9.17) is 4.74 Å². The highest BCUT2D eigenvalue weighted by molar-refractivity contribution is 5.82. The standard InChI is InChI=1S/C13H15FO2/c1-9-2-3-12(14)7-10(9)6-11-8-16-5-4-13(11)15/h2-3,7,11H,4-6,8H2,1H3. The maximum atomic E-state index is 13.1. The Labute approximate surface area is 94.4 Å². The highest BCUT2D eigenvalue weighted by atomic mass is 19.1. The normalized spacial score (nSPS) is 21.1. The van der Waals surface area contributed by atoms with Crippen molar-refractivity contribution < 1.29 is 13.9 Å². The summed E-state index contributed by atoms with van der Waals surface area (Å²) in [5, 5.41) is 0. The van der Waals surface area contributed by atoms with Gasteiger partial charge in [-0.15, -0.1) is 0 Å². The Kier molecular flexibility index (Phi) is 3.34. The minimum atomic E-state index is -0.246. The molecule has 2 rings (SSSR count). The number of rotatable bonds is 2. The summed E-state index contributed by atoms with van der Waals surface area (Å²) in [7, 11) is 0. The lowest BCUT2D eigenvalue weighted by molar-refractivity contribution is -0.130. The number of Topliss-reactive ketones (excluding diaryl/α,β-unsaturated/α-hetero) is 1. The van der Waals surface area contributed by atoms with Crippen LogP contribution in [0.5, 0.6) is 0 Å². The fourth-order valence-electron chi connectivity index (χ4n) is 1.99. The third-order valence-corrected chi connectivity index (χ3v) is 3.04. The average molecular weight is 222 g/mol. The molecule has 0 aromatic heterocycles. The van der Waals surface area contributed by atoms with Crippen molar-refractivity contribution in [2.24, 2.45) is 5.92 Å². The number of halogens is 1. The number of hydrogen-bond donors (Lipinski definition) is 0. The van der Waals surface area contributed by atoms with Gasteiger partial charge in [0.2, 0.25) is 0 Å². The molecule has 0 bridgehead atoms. The van der Waals surface area contributed by atoms with Gasteiger partial charge in [-0.3, -0.25) is 4.79 Å². The van der Waals surface area contributed by atoms with Gasteiger partial charge in [0.15, 0.2) is 0 Å². The second-order valence-electron chi connectivity index (χ2n) is 4.26. The van der Waals surface area contributed by atoms with E-state index in [-0.39, 0.29) is 17.5 Å². The largest absolute Gasteiger partial charge is 0.380 e. The molecule has 0 radical (unpaired) electrons. The highest BCUT2D eigenvalue weighted by Gasteiger charge is 2.23. The van der Waals surface area contributed by atoms with Gasteiger partial charge in [0.05, 0.1) is 13.2 Å². The van der Waals surface area contributed by atoms with Crippen molar-refractivity contribution in [3.63, 3.8) is 0 Å². The molecule has 1 aromatic rings. The van der Waals surface area contributed by atoms with Crippen LogP contribution in [0.4, 0.5) is 4.39 Å². The first-order valence-corrected chi connectivity index (χ1v) is 5.52. The monoisotopic (exact) mass is 222 g/mol. The molecule has 1 aliphatic rings. The minimum Gasteiger partial charge on any atom is -0.380 e. The first-order chi connectivity index (χ1) is 7.66. The quantitative estimate of drug-likeness (QED) is 0.767. The Hall–Kier alpha value is -1.22. The van der Waals surface area contributed by atoms with E-state index in [2.05, 4.69) is 0 Å². The number of carbonyl (C=O) groups is 1. The second kappa shape index (κ2) is 4.74. The second-order valence-corrected chi connectivity index (χ2v) is 4.26. The topological polar surface area (TPSA) is 26.3 Å². The van der Waals surface area contributed by atoms with Crippen LogP contribution in [0.3, 0.4) is 0 Å². The van der Waals surface area contributed by atoms with E-state index in [1.165, 1.54) is 12.1 Å². The van der Waals surface area contributed by atoms with Gasteiger partial charge in [-0.2, -0.15) is 0 Å². The van der Waals surface area contributed by atoms with Gasteiger partial charge in [0, 0.05) is 12.3 Å². The van der Waals surface area contributed by atoms with E-state index in [1.807, 2.05) is 6.92 Å². The Bertz CT molecular complexity index is 401. The maximum absolute atomic E-state index is 13.1. The van der Waals surface area contributed by atoms with Gasteiger partial charge >= 0.3 is 0 Å². The first kappa shape index (κ1) is 11.3. The van der Waals surface area contributed by atoms with E-state index in [0.29, 0.717) is 26.1 Å². The van der Waals surface area contributed by atoms with E-state index in [9.17, 15) is 9.18 Å². The summed E-state index contributed by atoms with van der Waals surface area (Å²) in [5.41, 5.74) is 1.93. The van der Waals surface area contributed by atoms with E-state index in [1.54, 1.807) is 6.07 Å². The summed E-state index contributed by atoms with van der Waals surface area (Å²) in [6.07, 6.45) is 1.07. The van der Waals surface area contributed by atoms with Gasteiger partial charge in [-0.1, -0.05) is 6.07 Å². The summed E-state index contributed by atoms with van der Waals surface area (Å²) in [4.78, 5) is 11.6. The molecule has 1 atom stereocenters. The van der Waals surface area contributed by atoms with Gasteiger partial charge in [0.1, 0.15) is 11.6 Å². The molecule has 1 aliphatic heterocycles. The van der Waals surface area contributed by atoms with Gasteiger partial charge in [-0.05, 0) is 36.6 Å². The van der Waals surface area contributed by atoms with E-state index in [0.717, 1.165) is 11.1 Å². The Morgan fingerprint density at radius 1 is 1.50 bits per heavy atom. The number of aryl methyl sites for hydroxylation is 1. The molecule has 1 aromatic carbocycles. The molecule has 0 saturated carbocycles. The Morgan fingerprint density at radius 3 is 3.06 bits per heavy atom. The van der Waals surface area contributed by atoms with E-state index < -0.39 is 0 Å². The minimum absolute atomic E-state index is 0.103. The van der Waals surface area contributed by atoms with Crippen LogP contribution < -0.4 is 0 Å². The molecule has 1 saturated heterocycles. The lowest BCUT2D eigenvalue weighted by atomic mass is 9.91. The maximum Gasteiger partial charge on any atom is 0.140 e. The summed E-state index contributed by atoms with van der Waals surface area (Å²) in [5.74, 6) is -0.117. The number of benzene rings is 1. The zero-order valence-corrected chi connectivity index (χ0v) is 9.33. The third-order valence-electron chi connectivity index (χ3n) is 3.04. The molecule has 2 nitrogen and oxygen atoms in total. The van der Waals surface area contributed by atoms with Crippen LogP contribution in [0, 0.1) is 18.7 Å². The zero-order valence-electron chi connectivity index (χ0n) is 9.33. The van der Waals surface area contributed by atoms with Crippen LogP contribution in [-0.4, -0.2) is 19.0 Å². The zero-order chi connectivity index (χ0) is 11.5. The lowest BCUT2D eigenvalue weighted by Gasteiger charge is -2.21. The molecular formula is C13H15FO2. The molecule has 16 heavy (non-hydrogen) atoms. The fraction of sp³-hybridized carbons (Fsp3) is 0.462. The van der Waals surface area contributed by atoms with Crippen molar-refractivity contribution >= 4 is 5.78 Å². The molecule has 1 heterocycles. The number of ketones is 1. The van der Waals surface area contributed by atoms with Crippen molar-refractivity contribution in [3.8, 4) is 0 Å². The molecule has 1 unspecified atom stereocenters. The SMILES string of the molecule is Cc1ccc(F)cc1CC1COCCC1=O. The van der Waals surface area contributed by atoms with Gasteiger partial charge < -0.3 is 4.74 Å². The first-order valence-electron chi connectivity index (χ1n) is 5.52. The van der Waals surface area contributed by atoms with Gasteiger partial charge in [-0.25, -0.2) is 4.39 Å². The molecule has 0 N–H and O–H groups in total. The fourth-order valence-corrected chi connectivity index (χ4v) is 1.99. The van der Waals surface area contributed by atoms with Gasteiger partial charge in [0.25, 0.3) is 0 Å². The van der Waals surface area contributed by atoms with Crippen molar-refractivity contribution in [3.05, 3.63) is 35.1 Å². The smallest absolute Gasteiger partial charge is 0.140 e. The molecule has 0 aliphatic carbocycles. The predicted octanol–water partition coefficient (Wildman–Crippen LogP) is 2.28. The van der Waals surface area contributed by atoms with Crippen LogP contribution >= 0.6 is 0 Å². The van der Waals surface area contributed by atoms with Crippen molar-refractivity contribution in [2.75, 3.05) is 13.2 Å².